The predicted molar refractivity (Wildman–Crippen MR) is 86.5 cm³/mol. The Morgan fingerprint density at radius 1 is 1.24 bits per heavy atom. The van der Waals surface area contributed by atoms with E-state index in [1.54, 1.807) is 0 Å². The molecule has 3 fully saturated rings. The zero-order valence-corrected chi connectivity index (χ0v) is 15.5. The number of rotatable bonds is 3. The average molecular weight is 357 g/mol. The minimum atomic E-state index is 0.0914. The van der Waals surface area contributed by atoms with Crippen LogP contribution in [0.25, 0.3) is 0 Å². The van der Waals surface area contributed by atoms with Crippen LogP contribution in [0.2, 0.25) is 9.13 Å². The van der Waals surface area contributed by atoms with Crippen molar-refractivity contribution in [2.24, 2.45) is 17.8 Å². The van der Waals surface area contributed by atoms with Crippen molar-refractivity contribution in [1.82, 2.24) is 0 Å². The molecule has 2 nitrogen and oxygen atoms in total. The summed E-state index contributed by atoms with van der Waals surface area (Å²) in [6.07, 6.45) is 10.1. The summed E-state index contributed by atoms with van der Waals surface area (Å²) in [6.45, 7) is 7.22. The summed E-state index contributed by atoms with van der Waals surface area (Å²) >= 11 is 0.563. The van der Waals surface area contributed by atoms with Crippen LogP contribution in [-0.2, 0) is 9.53 Å². The number of carbonyl (C=O) groups excluding carboxylic acids is 1. The summed E-state index contributed by atoms with van der Waals surface area (Å²) in [6, 6.07) is 0. The molecule has 0 aromatic heterocycles. The zero-order chi connectivity index (χ0) is 15.0. The van der Waals surface area contributed by atoms with Gasteiger partial charge in [-0.15, -0.1) is 0 Å². The van der Waals surface area contributed by atoms with Crippen molar-refractivity contribution in [2.75, 3.05) is 0 Å². The van der Waals surface area contributed by atoms with Gasteiger partial charge in [0.2, 0.25) is 0 Å². The van der Waals surface area contributed by atoms with E-state index >= 15 is 0 Å². The molecule has 3 aliphatic rings. The standard InChI is InChI=1S/C18H30O2Se/c1-12(2)14-8-7-13(3)10-15(14)21-18-9-5-4-6-16(18)20-17(19)11-18/h12-16H,4-11H2,1-3H3/t13-,14+,15+,16?,18-/m1/s1. The topological polar surface area (TPSA) is 26.3 Å². The molecule has 120 valence electrons. The van der Waals surface area contributed by atoms with Crippen molar-refractivity contribution in [3.8, 4) is 0 Å². The van der Waals surface area contributed by atoms with Crippen LogP contribution < -0.4 is 0 Å². The molecule has 21 heavy (non-hydrogen) atoms. The Kier molecular flexibility index (Phi) is 4.71. The maximum atomic E-state index is 11.9. The quantitative estimate of drug-likeness (QED) is 0.544. The van der Waals surface area contributed by atoms with Crippen LogP contribution in [0.3, 0.4) is 0 Å². The number of ether oxygens (including phenoxy) is 1. The van der Waals surface area contributed by atoms with Crippen molar-refractivity contribution in [3.05, 3.63) is 0 Å². The number of esters is 1. The molecule has 1 heterocycles. The van der Waals surface area contributed by atoms with E-state index in [1.807, 2.05) is 0 Å². The molecule has 1 saturated heterocycles. The Balaban J connectivity index is 1.77. The number of hydrogen-bond donors (Lipinski definition) is 0. The number of carbonyl (C=O) groups is 1. The fraction of sp³-hybridized carbons (Fsp3) is 0.944. The second-order valence-electron chi connectivity index (χ2n) is 7.95. The third-order valence-electron chi connectivity index (χ3n) is 5.97. The Bertz CT molecular complexity index is 395. The zero-order valence-electron chi connectivity index (χ0n) is 13.8. The van der Waals surface area contributed by atoms with Crippen molar-refractivity contribution >= 4 is 20.9 Å². The van der Waals surface area contributed by atoms with E-state index in [2.05, 4.69) is 20.8 Å². The summed E-state index contributed by atoms with van der Waals surface area (Å²) in [5, 5.41) is 0. The average Bonchev–Trinajstić information content (AvgIpc) is 2.73. The first kappa shape index (κ1) is 15.9. The van der Waals surface area contributed by atoms with Crippen molar-refractivity contribution in [1.29, 1.82) is 0 Å². The Labute approximate surface area is 135 Å². The van der Waals surface area contributed by atoms with Gasteiger partial charge in [-0.3, -0.25) is 0 Å². The van der Waals surface area contributed by atoms with Crippen molar-refractivity contribution < 1.29 is 9.53 Å². The van der Waals surface area contributed by atoms with Crippen LogP contribution in [0.5, 0.6) is 0 Å². The molecule has 3 rings (SSSR count). The first-order chi connectivity index (χ1) is 10.00. The summed E-state index contributed by atoms with van der Waals surface area (Å²) in [5.74, 6) is 2.65. The fourth-order valence-corrected chi connectivity index (χ4v) is 9.83. The molecule has 0 spiro atoms. The molecular weight excluding hydrogens is 327 g/mol. The van der Waals surface area contributed by atoms with Crippen LogP contribution in [0, 0.1) is 17.8 Å². The third kappa shape index (κ3) is 3.20. The van der Waals surface area contributed by atoms with Gasteiger partial charge >= 0.3 is 136 Å². The van der Waals surface area contributed by atoms with E-state index < -0.39 is 0 Å². The Hall–Kier alpha value is -0.0105. The van der Waals surface area contributed by atoms with Gasteiger partial charge in [-0.05, 0) is 0 Å². The van der Waals surface area contributed by atoms with E-state index in [0.29, 0.717) is 15.0 Å². The molecule has 2 aliphatic carbocycles. The van der Waals surface area contributed by atoms with Gasteiger partial charge in [0.1, 0.15) is 0 Å². The second kappa shape index (κ2) is 6.24. The Morgan fingerprint density at radius 3 is 2.81 bits per heavy atom. The fourth-order valence-electron chi connectivity index (χ4n) is 4.72. The summed E-state index contributed by atoms with van der Waals surface area (Å²) in [7, 11) is 0. The van der Waals surface area contributed by atoms with Gasteiger partial charge in [-0.25, -0.2) is 0 Å². The third-order valence-corrected chi connectivity index (χ3v) is 10.0. The van der Waals surface area contributed by atoms with E-state index in [1.165, 1.54) is 38.5 Å². The second-order valence-corrected chi connectivity index (χ2v) is 11.4. The predicted octanol–water partition coefficient (Wildman–Crippen LogP) is 4.62. The summed E-state index contributed by atoms with van der Waals surface area (Å²) < 4.78 is 5.97. The minimum absolute atomic E-state index is 0.0914. The van der Waals surface area contributed by atoms with E-state index in [4.69, 9.17) is 4.74 Å². The molecule has 5 atom stereocenters. The molecule has 0 N–H and O–H groups in total. The summed E-state index contributed by atoms with van der Waals surface area (Å²) in [4.78, 5) is 12.8. The van der Waals surface area contributed by atoms with Crippen LogP contribution in [0.4, 0.5) is 0 Å². The van der Waals surface area contributed by atoms with E-state index in [-0.39, 0.29) is 16.4 Å². The van der Waals surface area contributed by atoms with E-state index in [0.717, 1.165) is 35.4 Å². The number of hydrogen-bond acceptors (Lipinski definition) is 2. The van der Waals surface area contributed by atoms with Crippen LogP contribution in [0.15, 0.2) is 0 Å². The normalized spacial score (nSPS) is 43.7. The van der Waals surface area contributed by atoms with Gasteiger partial charge in [0.15, 0.2) is 0 Å². The molecule has 1 unspecified atom stereocenters. The molecule has 0 aromatic carbocycles. The van der Waals surface area contributed by atoms with Gasteiger partial charge in [-0.2, -0.15) is 0 Å². The van der Waals surface area contributed by atoms with Gasteiger partial charge < -0.3 is 0 Å². The summed E-state index contributed by atoms with van der Waals surface area (Å²) in [5.41, 5.74) is 0. The van der Waals surface area contributed by atoms with Crippen LogP contribution >= 0.6 is 0 Å². The SMILES string of the molecule is CC(C)[C@@H]1CC[C@@H](C)C[C@@H]1[Se][C@@]12CCCCC1OC(=O)C2. The molecule has 2 saturated carbocycles. The molecule has 3 heteroatoms. The number of fused-ring (bicyclic) bond motifs is 1. The molecular formula is C18H30O2Se. The van der Waals surface area contributed by atoms with Gasteiger partial charge in [0, 0.05) is 0 Å². The molecule has 0 amide bonds. The Morgan fingerprint density at radius 2 is 2.05 bits per heavy atom. The van der Waals surface area contributed by atoms with Crippen molar-refractivity contribution in [3.63, 3.8) is 0 Å². The van der Waals surface area contributed by atoms with Crippen LogP contribution in [0.1, 0.15) is 72.1 Å². The van der Waals surface area contributed by atoms with E-state index in [9.17, 15) is 4.79 Å². The first-order valence-corrected chi connectivity index (χ1v) is 10.7. The first-order valence-electron chi connectivity index (χ1n) is 8.87. The molecule has 0 bridgehead atoms. The van der Waals surface area contributed by atoms with Gasteiger partial charge in [0.25, 0.3) is 0 Å². The molecule has 0 radical (unpaired) electrons. The van der Waals surface area contributed by atoms with Gasteiger partial charge in [0.05, 0.1) is 0 Å². The molecule has 0 aromatic rings. The van der Waals surface area contributed by atoms with Crippen molar-refractivity contribution in [2.45, 2.75) is 87.4 Å². The van der Waals surface area contributed by atoms with Gasteiger partial charge in [-0.1, -0.05) is 0 Å². The maximum absolute atomic E-state index is 11.9. The molecule has 1 aliphatic heterocycles. The monoisotopic (exact) mass is 358 g/mol. The van der Waals surface area contributed by atoms with Crippen LogP contribution in [-0.4, -0.2) is 27.0 Å².